The number of aromatic nitrogens is 3. The number of carbonyl (C=O) groups excluding carboxylic acids is 1. The van der Waals surface area contributed by atoms with E-state index in [0.29, 0.717) is 23.7 Å². The molecule has 0 aromatic carbocycles. The molecule has 0 fully saturated rings. The fourth-order valence-electron chi connectivity index (χ4n) is 2.07. The number of nitrogens with zero attached hydrogens (tertiary/aromatic N) is 3. The van der Waals surface area contributed by atoms with Crippen LogP contribution in [-0.2, 0) is 18.3 Å². The van der Waals surface area contributed by atoms with Crippen LogP contribution in [0.5, 0.6) is 0 Å². The Hall–Kier alpha value is -1.88. The first-order chi connectivity index (χ1) is 9.47. The van der Waals surface area contributed by atoms with Gasteiger partial charge in [0.2, 0.25) is 5.91 Å². The number of nitrogens with one attached hydrogen (secondary N) is 1. The van der Waals surface area contributed by atoms with E-state index in [2.05, 4.69) is 15.4 Å². The maximum Gasteiger partial charge on any atom is 0.225 e. The minimum absolute atomic E-state index is 0.0672. The summed E-state index contributed by atoms with van der Waals surface area (Å²) < 4.78 is 1.84. The van der Waals surface area contributed by atoms with Crippen molar-refractivity contribution in [1.82, 2.24) is 14.8 Å². The zero-order valence-electron chi connectivity index (χ0n) is 11.8. The van der Waals surface area contributed by atoms with Gasteiger partial charge in [-0.15, -0.1) is 0 Å². The SMILES string of the molecule is Cc1nn(C)c(C)c1CCC(=O)Nc1ccc(Cl)cn1. The molecule has 0 aliphatic rings. The summed E-state index contributed by atoms with van der Waals surface area (Å²) in [6.45, 7) is 3.97. The largest absolute Gasteiger partial charge is 0.311 e. The van der Waals surface area contributed by atoms with Crippen molar-refractivity contribution in [2.24, 2.45) is 7.05 Å². The van der Waals surface area contributed by atoms with Gasteiger partial charge in [0, 0.05) is 25.4 Å². The van der Waals surface area contributed by atoms with E-state index in [4.69, 9.17) is 11.6 Å². The first kappa shape index (κ1) is 14.5. The van der Waals surface area contributed by atoms with Crippen molar-refractivity contribution in [2.75, 3.05) is 5.32 Å². The Labute approximate surface area is 123 Å². The number of amides is 1. The summed E-state index contributed by atoms with van der Waals surface area (Å²) in [6, 6.07) is 3.38. The van der Waals surface area contributed by atoms with Crippen LogP contribution in [0.3, 0.4) is 0 Å². The zero-order chi connectivity index (χ0) is 14.7. The van der Waals surface area contributed by atoms with Gasteiger partial charge in [-0.05, 0) is 38.0 Å². The second-order valence-electron chi connectivity index (χ2n) is 4.68. The van der Waals surface area contributed by atoms with Gasteiger partial charge >= 0.3 is 0 Å². The molecule has 2 rings (SSSR count). The minimum Gasteiger partial charge on any atom is -0.311 e. The van der Waals surface area contributed by atoms with Crippen molar-refractivity contribution < 1.29 is 4.79 Å². The van der Waals surface area contributed by atoms with E-state index in [1.807, 2.05) is 25.6 Å². The van der Waals surface area contributed by atoms with Gasteiger partial charge in [-0.2, -0.15) is 5.10 Å². The highest BCUT2D eigenvalue weighted by Crippen LogP contribution is 2.15. The molecule has 0 atom stereocenters. The lowest BCUT2D eigenvalue weighted by atomic mass is 10.1. The molecule has 1 amide bonds. The van der Waals surface area contributed by atoms with E-state index in [1.54, 1.807) is 12.1 Å². The highest BCUT2D eigenvalue weighted by molar-refractivity contribution is 6.30. The second-order valence-corrected chi connectivity index (χ2v) is 5.12. The molecule has 0 spiro atoms. The zero-order valence-corrected chi connectivity index (χ0v) is 12.5. The van der Waals surface area contributed by atoms with Crippen molar-refractivity contribution in [3.8, 4) is 0 Å². The normalized spacial score (nSPS) is 10.6. The lowest BCUT2D eigenvalue weighted by Gasteiger charge is -2.05. The molecular formula is C14H17ClN4O. The molecule has 1 N–H and O–H groups in total. The first-order valence-electron chi connectivity index (χ1n) is 6.38. The predicted molar refractivity (Wildman–Crippen MR) is 78.9 cm³/mol. The Kier molecular flexibility index (Phi) is 4.39. The molecule has 2 aromatic rings. The summed E-state index contributed by atoms with van der Waals surface area (Å²) in [4.78, 5) is 15.9. The second kappa shape index (κ2) is 6.05. The average molecular weight is 293 g/mol. The molecule has 20 heavy (non-hydrogen) atoms. The quantitative estimate of drug-likeness (QED) is 0.942. The van der Waals surface area contributed by atoms with Crippen molar-refractivity contribution >= 4 is 23.3 Å². The maximum absolute atomic E-state index is 11.9. The third-order valence-electron chi connectivity index (χ3n) is 3.26. The van der Waals surface area contributed by atoms with Crippen molar-refractivity contribution in [3.05, 3.63) is 40.3 Å². The lowest BCUT2D eigenvalue weighted by Crippen LogP contribution is -2.13. The third-order valence-corrected chi connectivity index (χ3v) is 3.48. The summed E-state index contributed by atoms with van der Waals surface area (Å²) in [5.74, 6) is 0.446. The van der Waals surface area contributed by atoms with E-state index in [9.17, 15) is 4.79 Å². The lowest BCUT2D eigenvalue weighted by molar-refractivity contribution is -0.116. The van der Waals surface area contributed by atoms with Gasteiger partial charge in [0.1, 0.15) is 5.82 Å². The topological polar surface area (TPSA) is 59.8 Å². The molecule has 0 radical (unpaired) electrons. The van der Waals surface area contributed by atoms with Crippen LogP contribution in [0.4, 0.5) is 5.82 Å². The first-order valence-corrected chi connectivity index (χ1v) is 6.75. The summed E-state index contributed by atoms with van der Waals surface area (Å²) in [7, 11) is 1.91. The van der Waals surface area contributed by atoms with Crippen LogP contribution >= 0.6 is 11.6 Å². The smallest absolute Gasteiger partial charge is 0.225 e. The van der Waals surface area contributed by atoms with Gasteiger partial charge < -0.3 is 5.32 Å². The summed E-state index contributed by atoms with van der Waals surface area (Å²) >= 11 is 5.74. The highest BCUT2D eigenvalue weighted by Gasteiger charge is 2.11. The monoisotopic (exact) mass is 292 g/mol. The maximum atomic E-state index is 11.9. The molecule has 5 nitrogen and oxygen atoms in total. The van der Waals surface area contributed by atoms with Crippen LogP contribution in [0.15, 0.2) is 18.3 Å². The van der Waals surface area contributed by atoms with Gasteiger partial charge in [-0.3, -0.25) is 9.48 Å². The van der Waals surface area contributed by atoms with E-state index >= 15 is 0 Å². The number of pyridine rings is 1. The third kappa shape index (κ3) is 3.36. The molecule has 0 saturated carbocycles. The summed E-state index contributed by atoms with van der Waals surface area (Å²) in [6.07, 6.45) is 2.58. The fraction of sp³-hybridized carbons (Fsp3) is 0.357. The van der Waals surface area contributed by atoms with Crippen LogP contribution in [0.2, 0.25) is 5.02 Å². The van der Waals surface area contributed by atoms with Gasteiger partial charge in [0.15, 0.2) is 0 Å². The number of anilines is 1. The van der Waals surface area contributed by atoms with E-state index in [-0.39, 0.29) is 5.91 Å². The van der Waals surface area contributed by atoms with Gasteiger partial charge in [-0.1, -0.05) is 11.6 Å². The molecule has 106 valence electrons. The summed E-state index contributed by atoms with van der Waals surface area (Å²) in [5.41, 5.74) is 3.20. The van der Waals surface area contributed by atoms with Crippen LogP contribution in [0.1, 0.15) is 23.4 Å². The number of hydrogen-bond acceptors (Lipinski definition) is 3. The van der Waals surface area contributed by atoms with Crippen molar-refractivity contribution in [1.29, 1.82) is 0 Å². The Morgan fingerprint density at radius 2 is 2.15 bits per heavy atom. The van der Waals surface area contributed by atoms with E-state index in [0.717, 1.165) is 17.0 Å². The van der Waals surface area contributed by atoms with Crippen LogP contribution in [0.25, 0.3) is 0 Å². The number of halogens is 1. The average Bonchev–Trinajstić information content (AvgIpc) is 2.64. The molecule has 0 aliphatic heterocycles. The summed E-state index contributed by atoms with van der Waals surface area (Å²) in [5, 5.41) is 7.64. The fourth-order valence-corrected chi connectivity index (χ4v) is 2.18. The molecule has 6 heteroatoms. The minimum atomic E-state index is -0.0672. The van der Waals surface area contributed by atoms with Gasteiger partial charge in [0.05, 0.1) is 10.7 Å². The predicted octanol–water partition coefficient (Wildman–Crippen LogP) is 2.66. The molecular weight excluding hydrogens is 276 g/mol. The van der Waals surface area contributed by atoms with Crippen LogP contribution < -0.4 is 5.32 Å². The van der Waals surface area contributed by atoms with Gasteiger partial charge in [-0.25, -0.2) is 4.98 Å². The molecule has 0 aliphatic carbocycles. The van der Waals surface area contributed by atoms with Crippen molar-refractivity contribution in [2.45, 2.75) is 26.7 Å². The Balaban J connectivity index is 1.94. The number of hydrogen-bond donors (Lipinski definition) is 1. The van der Waals surface area contributed by atoms with Crippen LogP contribution in [0, 0.1) is 13.8 Å². The Morgan fingerprint density at radius 1 is 1.40 bits per heavy atom. The van der Waals surface area contributed by atoms with Crippen molar-refractivity contribution in [3.63, 3.8) is 0 Å². The van der Waals surface area contributed by atoms with Gasteiger partial charge in [0.25, 0.3) is 0 Å². The van der Waals surface area contributed by atoms with E-state index < -0.39 is 0 Å². The number of carbonyl (C=O) groups is 1. The standard InChI is InChI=1S/C14H17ClN4O/c1-9-12(10(2)19(3)18-9)5-7-14(20)17-13-6-4-11(15)8-16-13/h4,6,8H,5,7H2,1-3H3,(H,16,17,20). The molecule has 2 heterocycles. The number of aryl methyl sites for hydroxylation is 2. The number of rotatable bonds is 4. The highest BCUT2D eigenvalue weighted by atomic mass is 35.5. The van der Waals surface area contributed by atoms with Crippen LogP contribution in [-0.4, -0.2) is 20.7 Å². The molecule has 0 saturated heterocycles. The Bertz CT molecular complexity index is 619. The molecule has 0 unspecified atom stereocenters. The van der Waals surface area contributed by atoms with E-state index in [1.165, 1.54) is 6.20 Å². The Morgan fingerprint density at radius 3 is 2.70 bits per heavy atom. The molecule has 0 bridgehead atoms. The molecule has 2 aromatic heterocycles.